The number of thiophene rings is 1. The van der Waals surface area contributed by atoms with Crippen LogP contribution < -0.4 is 5.32 Å². The summed E-state index contributed by atoms with van der Waals surface area (Å²) in [5, 5.41) is 4.44. The Balaban J connectivity index is 1.69. The lowest BCUT2D eigenvalue weighted by molar-refractivity contribution is -0.124. The highest BCUT2D eigenvalue weighted by molar-refractivity contribution is 7.91. The van der Waals surface area contributed by atoms with Crippen molar-refractivity contribution in [1.29, 1.82) is 0 Å². The summed E-state index contributed by atoms with van der Waals surface area (Å²) in [4.78, 5) is 12.4. The van der Waals surface area contributed by atoms with Crippen LogP contribution in [0.5, 0.6) is 0 Å². The summed E-state index contributed by atoms with van der Waals surface area (Å²) in [5.74, 6) is -0.661. The van der Waals surface area contributed by atoms with E-state index >= 15 is 0 Å². The van der Waals surface area contributed by atoms with E-state index in [4.69, 9.17) is 0 Å². The molecule has 2 heterocycles. The lowest BCUT2D eigenvalue weighted by atomic mass is 10.2. The molecule has 1 N–H and O–H groups in total. The van der Waals surface area contributed by atoms with Gasteiger partial charge in [0.25, 0.3) is 10.0 Å². The van der Waals surface area contributed by atoms with E-state index in [-0.39, 0.29) is 22.5 Å². The van der Waals surface area contributed by atoms with Crippen LogP contribution in [0.2, 0.25) is 0 Å². The molecule has 2 aromatic rings. The van der Waals surface area contributed by atoms with Crippen molar-refractivity contribution < 1.29 is 17.6 Å². The monoisotopic (exact) mass is 368 g/mol. The lowest BCUT2D eigenvalue weighted by Crippen LogP contribution is -2.45. The van der Waals surface area contributed by atoms with Crippen LogP contribution in [0.1, 0.15) is 18.4 Å². The van der Waals surface area contributed by atoms with Crippen molar-refractivity contribution in [3.05, 3.63) is 53.2 Å². The van der Waals surface area contributed by atoms with Gasteiger partial charge in [0.05, 0.1) is 0 Å². The first-order valence-corrected chi connectivity index (χ1v) is 9.88. The fourth-order valence-electron chi connectivity index (χ4n) is 2.72. The van der Waals surface area contributed by atoms with Crippen LogP contribution in [0.15, 0.2) is 46.0 Å². The molecule has 3 rings (SSSR count). The van der Waals surface area contributed by atoms with Crippen LogP contribution in [0.4, 0.5) is 4.39 Å². The van der Waals surface area contributed by atoms with E-state index in [0.717, 1.165) is 16.9 Å². The number of halogens is 1. The van der Waals surface area contributed by atoms with Gasteiger partial charge in [-0.05, 0) is 42.0 Å². The quantitative estimate of drug-likeness (QED) is 0.881. The normalized spacial score (nSPS) is 18.6. The number of nitrogens with zero attached hydrogens (tertiary/aromatic N) is 1. The summed E-state index contributed by atoms with van der Waals surface area (Å²) < 4.78 is 39.7. The molecular weight excluding hydrogens is 351 g/mol. The molecule has 1 saturated heterocycles. The second-order valence-corrected chi connectivity index (χ2v) is 8.62. The molecular formula is C16H17FN2O3S2. The van der Waals surface area contributed by atoms with Crippen LogP contribution >= 0.6 is 11.3 Å². The first-order chi connectivity index (χ1) is 11.5. The molecule has 0 spiro atoms. The number of carbonyl (C=O) groups excluding carboxylic acids is 1. The number of hydrogen-bond donors (Lipinski definition) is 1. The van der Waals surface area contributed by atoms with Crippen molar-refractivity contribution in [1.82, 2.24) is 9.62 Å². The highest BCUT2D eigenvalue weighted by Gasteiger charge is 2.39. The van der Waals surface area contributed by atoms with Gasteiger partial charge in [-0.3, -0.25) is 4.79 Å². The molecule has 1 aromatic heterocycles. The van der Waals surface area contributed by atoms with Crippen molar-refractivity contribution in [3.8, 4) is 0 Å². The molecule has 5 nitrogen and oxygen atoms in total. The number of sulfonamides is 1. The number of rotatable bonds is 5. The third-order valence-corrected chi connectivity index (χ3v) is 7.23. The fraction of sp³-hybridized carbons (Fsp3) is 0.312. The molecule has 0 aliphatic carbocycles. The summed E-state index contributed by atoms with van der Waals surface area (Å²) in [6.07, 6.45) is 1.15. The number of amides is 1. The minimum Gasteiger partial charge on any atom is -0.351 e. The predicted octanol–water partition coefficient (Wildman–Crippen LogP) is 2.36. The molecule has 1 fully saturated rings. The van der Waals surface area contributed by atoms with E-state index in [1.807, 2.05) is 0 Å². The Morgan fingerprint density at radius 3 is 2.71 bits per heavy atom. The second-order valence-electron chi connectivity index (χ2n) is 5.55. The molecule has 1 unspecified atom stereocenters. The lowest BCUT2D eigenvalue weighted by Gasteiger charge is -2.22. The van der Waals surface area contributed by atoms with Gasteiger partial charge in [-0.2, -0.15) is 4.31 Å². The van der Waals surface area contributed by atoms with Crippen LogP contribution in [0.25, 0.3) is 0 Å². The van der Waals surface area contributed by atoms with Gasteiger partial charge in [0.2, 0.25) is 5.91 Å². The van der Waals surface area contributed by atoms with Gasteiger partial charge < -0.3 is 5.32 Å². The topological polar surface area (TPSA) is 66.5 Å². The van der Waals surface area contributed by atoms with E-state index in [0.29, 0.717) is 19.4 Å². The van der Waals surface area contributed by atoms with Crippen molar-refractivity contribution in [3.63, 3.8) is 0 Å². The Morgan fingerprint density at radius 2 is 2.04 bits per heavy atom. The third-order valence-electron chi connectivity index (χ3n) is 3.94. The Kier molecular flexibility index (Phi) is 4.98. The smallest absolute Gasteiger partial charge is 0.253 e. The minimum atomic E-state index is -3.64. The number of benzene rings is 1. The van der Waals surface area contributed by atoms with Crippen LogP contribution in [0, 0.1) is 5.82 Å². The van der Waals surface area contributed by atoms with Crippen molar-refractivity contribution in [2.45, 2.75) is 29.6 Å². The maximum atomic E-state index is 12.9. The highest BCUT2D eigenvalue weighted by Crippen LogP contribution is 2.28. The summed E-state index contributed by atoms with van der Waals surface area (Å²) in [7, 11) is -3.64. The molecule has 1 aliphatic heterocycles. The molecule has 0 bridgehead atoms. The zero-order valence-corrected chi connectivity index (χ0v) is 14.4. The standard InChI is InChI=1S/C16H17FN2O3S2/c17-13-7-5-12(6-8-13)11-18-16(20)14-3-1-9-19(14)24(21,22)15-4-2-10-23-15/h2,4-8,10,14H,1,3,9,11H2,(H,18,20). The van der Waals surface area contributed by atoms with Gasteiger partial charge in [0, 0.05) is 13.1 Å². The molecule has 8 heteroatoms. The highest BCUT2D eigenvalue weighted by atomic mass is 32.2. The number of hydrogen-bond acceptors (Lipinski definition) is 4. The van der Waals surface area contributed by atoms with Crippen molar-refractivity contribution in [2.75, 3.05) is 6.54 Å². The molecule has 128 valence electrons. The first kappa shape index (κ1) is 17.1. The molecule has 0 saturated carbocycles. The summed E-state index contributed by atoms with van der Waals surface area (Å²) in [5.41, 5.74) is 0.760. The maximum Gasteiger partial charge on any atom is 0.253 e. The van der Waals surface area contributed by atoms with Crippen molar-refractivity contribution >= 4 is 27.3 Å². The summed E-state index contributed by atoms with van der Waals surface area (Å²) in [6, 6.07) is 8.35. The van der Waals surface area contributed by atoms with Gasteiger partial charge >= 0.3 is 0 Å². The Bertz CT molecular complexity index is 804. The van der Waals surface area contributed by atoms with Gasteiger partial charge in [-0.1, -0.05) is 18.2 Å². The zero-order valence-electron chi connectivity index (χ0n) is 12.8. The first-order valence-electron chi connectivity index (χ1n) is 7.56. The van der Waals surface area contributed by atoms with E-state index in [1.54, 1.807) is 29.6 Å². The van der Waals surface area contributed by atoms with Crippen LogP contribution in [-0.4, -0.2) is 31.2 Å². The maximum absolute atomic E-state index is 12.9. The van der Waals surface area contributed by atoms with E-state index in [9.17, 15) is 17.6 Å². The Hall–Kier alpha value is -1.77. The Labute approximate surface area is 144 Å². The average molecular weight is 368 g/mol. The number of carbonyl (C=O) groups is 1. The molecule has 1 atom stereocenters. The predicted molar refractivity (Wildman–Crippen MR) is 89.5 cm³/mol. The van der Waals surface area contributed by atoms with Gasteiger partial charge in [0.1, 0.15) is 16.1 Å². The largest absolute Gasteiger partial charge is 0.351 e. The van der Waals surface area contributed by atoms with Gasteiger partial charge in [-0.15, -0.1) is 11.3 Å². The summed E-state index contributed by atoms with van der Waals surface area (Å²) in [6.45, 7) is 0.581. The molecule has 1 aliphatic rings. The average Bonchev–Trinajstić information content (AvgIpc) is 3.25. The van der Waals surface area contributed by atoms with E-state index in [1.165, 1.54) is 16.4 Å². The fourth-order valence-corrected chi connectivity index (χ4v) is 5.50. The minimum absolute atomic E-state index is 0.239. The van der Waals surface area contributed by atoms with Gasteiger partial charge in [0.15, 0.2) is 0 Å². The molecule has 24 heavy (non-hydrogen) atoms. The summed E-state index contributed by atoms with van der Waals surface area (Å²) >= 11 is 1.15. The van der Waals surface area contributed by atoms with E-state index in [2.05, 4.69) is 5.32 Å². The van der Waals surface area contributed by atoms with E-state index < -0.39 is 16.1 Å². The molecule has 1 amide bonds. The zero-order chi connectivity index (χ0) is 17.2. The Morgan fingerprint density at radius 1 is 1.29 bits per heavy atom. The van der Waals surface area contributed by atoms with Gasteiger partial charge in [-0.25, -0.2) is 12.8 Å². The van der Waals surface area contributed by atoms with Crippen LogP contribution in [-0.2, 0) is 21.4 Å². The third kappa shape index (κ3) is 3.50. The number of nitrogens with one attached hydrogen (secondary N) is 1. The second kappa shape index (κ2) is 7.00. The molecule has 1 aromatic carbocycles. The SMILES string of the molecule is O=C(NCc1ccc(F)cc1)C1CCCN1S(=O)(=O)c1cccs1. The molecule has 0 radical (unpaired) electrons. The van der Waals surface area contributed by atoms with Crippen molar-refractivity contribution in [2.24, 2.45) is 0 Å². The van der Waals surface area contributed by atoms with Crippen LogP contribution in [0.3, 0.4) is 0 Å².